The standard InChI is InChI=1S/C48H31NOS/c1-2-12-32(13-3-1)33-26-28-34(29-27-33)35-14-8-16-37(30-35)49(43-22-11-24-45-47(43)42-19-4-6-23-44(42)50-45)38-17-9-15-36(31-38)39-20-10-21-41-40-18-5-7-25-46(40)51-48(39)41/h1-31H. The number of para-hydroxylation sites is 1. The van der Waals surface area contributed by atoms with Crippen molar-refractivity contribution < 1.29 is 4.42 Å². The van der Waals surface area contributed by atoms with E-state index in [-0.39, 0.29) is 0 Å². The van der Waals surface area contributed by atoms with Gasteiger partial charge >= 0.3 is 0 Å². The zero-order chi connectivity index (χ0) is 33.7. The molecule has 0 aliphatic carbocycles. The van der Waals surface area contributed by atoms with Gasteiger partial charge in [-0.1, -0.05) is 140 Å². The predicted octanol–water partition coefficient (Wildman–Crippen LogP) is 14.4. The number of benzene rings is 8. The number of nitrogens with zero attached hydrogens (tertiary/aromatic N) is 1. The van der Waals surface area contributed by atoms with E-state index in [4.69, 9.17) is 4.42 Å². The fraction of sp³-hybridized carbons (Fsp3) is 0. The monoisotopic (exact) mass is 669 g/mol. The van der Waals surface area contributed by atoms with E-state index < -0.39 is 0 Å². The quantitative estimate of drug-likeness (QED) is 0.175. The molecule has 3 heteroatoms. The molecule has 0 spiro atoms. The zero-order valence-electron chi connectivity index (χ0n) is 27.7. The number of hydrogen-bond acceptors (Lipinski definition) is 3. The lowest BCUT2D eigenvalue weighted by Crippen LogP contribution is -2.10. The van der Waals surface area contributed by atoms with Crippen LogP contribution in [0.1, 0.15) is 0 Å². The largest absolute Gasteiger partial charge is 0.456 e. The van der Waals surface area contributed by atoms with E-state index in [1.165, 1.54) is 48.0 Å². The Bertz CT molecular complexity index is 2860. The van der Waals surface area contributed by atoms with E-state index >= 15 is 0 Å². The maximum atomic E-state index is 6.40. The van der Waals surface area contributed by atoms with Crippen molar-refractivity contribution in [3.63, 3.8) is 0 Å². The normalized spacial score (nSPS) is 11.5. The summed E-state index contributed by atoms with van der Waals surface area (Å²) >= 11 is 1.87. The first-order valence-corrected chi connectivity index (χ1v) is 18.1. The van der Waals surface area contributed by atoms with Crippen molar-refractivity contribution >= 4 is 70.5 Å². The molecular formula is C48H31NOS. The molecule has 8 aromatic carbocycles. The van der Waals surface area contributed by atoms with Crippen LogP contribution in [0.5, 0.6) is 0 Å². The molecule has 51 heavy (non-hydrogen) atoms. The maximum absolute atomic E-state index is 6.40. The van der Waals surface area contributed by atoms with Crippen LogP contribution in [0.4, 0.5) is 17.1 Å². The van der Waals surface area contributed by atoms with Crippen molar-refractivity contribution in [2.75, 3.05) is 4.90 Å². The lowest BCUT2D eigenvalue weighted by molar-refractivity contribution is 0.669. The van der Waals surface area contributed by atoms with E-state index in [0.29, 0.717) is 0 Å². The molecule has 0 radical (unpaired) electrons. The van der Waals surface area contributed by atoms with Gasteiger partial charge in [0.25, 0.3) is 0 Å². The highest BCUT2D eigenvalue weighted by atomic mass is 32.1. The lowest BCUT2D eigenvalue weighted by Gasteiger charge is -2.27. The van der Waals surface area contributed by atoms with Gasteiger partial charge in [-0.25, -0.2) is 0 Å². The Kier molecular flexibility index (Phi) is 7.04. The van der Waals surface area contributed by atoms with Crippen LogP contribution in [0.15, 0.2) is 192 Å². The number of fused-ring (bicyclic) bond motifs is 6. The van der Waals surface area contributed by atoms with Gasteiger partial charge in [-0.2, -0.15) is 0 Å². The molecule has 0 bridgehead atoms. The van der Waals surface area contributed by atoms with Gasteiger partial charge in [-0.05, 0) is 81.9 Å². The van der Waals surface area contributed by atoms with Crippen LogP contribution in [0.25, 0.3) is 75.5 Å². The SMILES string of the molecule is c1ccc(-c2ccc(-c3cccc(N(c4cccc(-c5cccc6c5sc5ccccc56)c4)c4cccc5oc6ccccc6c45)c3)cc2)cc1. The molecule has 240 valence electrons. The Morgan fingerprint density at radius 2 is 0.961 bits per heavy atom. The average Bonchev–Trinajstić information content (AvgIpc) is 3.78. The Labute approximate surface area is 300 Å². The minimum atomic E-state index is 0.873. The summed E-state index contributed by atoms with van der Waals surface area (Å²) in [6.45, 7) is 0. The van der Waals surface area contributed by atoms with E-state index in [1.807, 2.05) is 17.4 Å². The maximum Gasteiger partial charge on any atom is 0.137 e. The molecule has 0 N–H and O–H groups in total. The molecular weight excluding hydrogens is 639 g/mol. The number of hydrogen-bond donors (Lipinski definition) is 0. The summed E-state index contributed by atoms with van der Waals surface area (Å²) in [4.78, 5) is 2.39. The fourth-order valence-electron chi connectivity index (χ4n) is 7.47. The van der Waals surface area contributed by atoms with Crippen molar-refractivity contribution in [3.8, 4) is 33.4 Å². The molecule has 0 fully saturated rings. The van der Waals surface area contributed by atoms with E-state index in [2.05, 4.69) is 187 Å². The number of rotatable bonds is 6. The Morgan fingerprint density at radius 1 is 0.392 bits per heavy atom. The smallest absolute Gasteiger partial charge is 0.137 e. The van der Waals surface area contributed by atoms with Crippen LogP contribution < -0.4 is 4.90 Å². The zero-order valence-corrected chi connectivity index (χ0v) is 28.5. The number of furan rings is 1. The third-order valence-corrected chi connectivity index (χ3v) is 11.1. The molecule has 2 nitrogen and oxygen atoms in total. The van der Waals surface area contributed by atoms with Crippen molar-refractivity contribution in [1.29, 1.82) is 0 Å². The number of anilines is 3. The van der Waals surface area contributed by atoms with Gasteiger partial charge in [0.1, 0.15) is 11.2 Å². The highest BCUT2D eigenvalue weighted by Crippen LogP contribution is 2.46. The molecule has 0 unspecified atom stereocenters. The van der Waals surface area contributed by atoms with Gasteiger partial charge in [-0.3, -0.25) is 0 Å². The molecule has 0 saturated carbocycles. The first-order chi connectivity index (χ1) is 25.3. The van der Waals surface area contributed by atoms with Crippen molar-refractivity contribution in [2.45, 2.75) is 0 Å². The second kappa shape index (κ2) is 12.2. The van der Waals surface area contributed by atoms with Crippen LogP contribution in [0.2, 0.25) is 0 Å². The predicted molar refractivity (Wildman–Crippen MR) is 218 cm³/mol. The van der Waals surface area contributed by atoms with Crippen LogP contribution in [-0.4, -0.2) is 0 Å². The van der Waals surface area contributed by atoms with Crippen molar-refractivity contribution in [1.82, 2.24) is 0 Å². The van der Waals surface area contributed by atoms with Gasteiger partial charge in [0.05, 0.1) is 11.1 Å². The fourth-order valence-corrected chi connectivity index (χ4v) is 8.71. The third-order valence-electron chi connectivity index (χ3n) is 9.87. The van der Waals surface area contributed by atoms with E-state index in [9.17, 15) is 0 Å². The summed E-state index contributed by atoms with van der Waals surface area (Å²) in [5, 5.41) is 4.81. The average molecular weight is 670 g/mol. The second-order valence-corrected chi connectivity index (χ2v) is 14.0. The van der Waals surface area contributed by atoms with Gasteiger partial charge in [-0.15, -0.1) is 11.3 Å². The minimum Gasteiger partial charge on any atom is -0.456 e. The molecule has 0 atom stereocenters. The highest BCUT2D eigenvalue weighted by Gasteiger charge is 2.21. The van der Waals surface area contributed by atoms with Gasteiger partial charge in [0, 0.05) is 36.9 Å². The molecule has 0 saturated heterocycles. The Morgan fingerprint density at radius 3 is 1.78 bits per heavy atom. The summed E-state index contributed by atoms with van der Waals surface area (Å²) in [6.07, 6.45) is 0. The second-order valence-electron chi connectivity index (χ2n) is 12.9. The van der Waals surface area contributed by atoms with Crippen LogP contribution in [0, 0.1) is 0 Å². The first-order valence-electron chi connectivity index (χ1n) is 17.3. The Hall–Kier alpha value is -6.42. The first kappa shape index (κ1) is 29.5. The molecule has 0 aliphatic heterocycles. The van der Waals surface area contributed by atoms with Crippen LogP contribution in [0.3, 0.4) is 0 Å². The van der Waals surface area contributed by atoms with Gasteiger partial charge < -0.3 is 9.32 Å². The summed E-state index contributed by atoms with van der Waals surface area (Å²) in [6, 6.07) is 67.4. The third kappa shape index (κ3) is 5.10. The molecule has 0 aliphatic rings. The summed E-state index contributed by atoms with van der Waals surface area (Å²) in [5.74, 6) is 0. The van der Waals surface area contributed by atoms with Gasteiger partial charge in [0.2, 0.25) is 0 Å². The summed E-state index contributed by atoms with van der Waals surface area (Å²) in [5.41, 5.74) is 12.2. The summed E-state index contributed by atoms with van der Waals surface area (Å²) < 4.78 is 9.02. The topological polar surface area (TPSA) is 16.4 Å². The van der Waals surface area contributed by atoms with Crippen molar-refractivity contribution in [3.05, 3.63) is 188 Å². The number of thiophene rings is 1. The van der Waals surface area contributed by atoms with E-state index in [1.54, 1.807) is 0 Å². The van der Waals surface area contributed by atoms with E-state index in [0.717, 1.165) is 44.6 Å². The highest BCUT2D eigenvalue weighted by molar-refractivity contribution is 7.26. The van der Waals surface area contributed by atoms with Gasteiger partial charge in [0.15, 0.2) is 0 Å². The summed E-state index contributed by atoms with van der Waals surface area (Å²) in [7, 11) is 0. The van der Waals surface area contributed by atoms with Crippen LogP contribution in [-0.2, 0) is 0 Å². The molecule has 0 amide bonds. The minimum absolute atomic E-state index is 0.873. The molecule has 2 heterocycles. The molecule has 10 aromatic rings. The van der Waals surface area contributed by atoms with Crippen molar-refractivity contribution in [2.24, 2.45) is 0 Å². The lowest BCUT2D eigenvalue weighted by atomic mass is 9.99. The Balaban J connectivity index is 1.15. The molecule has 2 aromatic heterocycles. The van der Waals surface area contributed by atoms with Crippen LogP contribution >= 0.6 is 11.3 Å². The molecule has 10 rings (SSSR count).